The third kappa shape index (κ3) is 2.82. The molecule has 0 aromatic heterocycles. The minimum absolute atomic E-state index is 0.108. The molecule has 148 valence electrons. The molecular formula is C23H21NO5. The molecule has 4 atom stereocenters. The molecule has 0 N–H and O–H groups in total. The second-order valence-corrected chi connectivity index (χ2v) is 8.02. The summed E-state index contributed by atoms with van der Waals surface area (Å²) in [5.41, 5.74) is 0.818. The van der Waals surface area contributed by atoms with Crippen LogP contribution in [0.5, 0.6) is 11.5 Å². The van der Waals surface area contributed by atoms with Gasteiger partial charge in [0.1, 0.15) is 11.5 Å². The first-order valence-electron chi connectivity index (χ1n) is 9.91. The molecule has 1 saturated heterocycles. The molecule has 0 spiro atoms. The summed E-state index contributed by atoms with van der Waals surface area (Å²) in [6, 6.07) is 13.3. The number of benzene rings is 2. The first-order valence-corrected chi connectivity index (χ1v) is 9.91. The number of rotatable bonds is 4. The Hall–Kier alpha value is -3.15. The van der Waals surface area contributed by atoms with Crippen molar-refractivity contribution < 1.29 is 23.9 Å². The molecule has 3 fully saturated rings. The lowest BCUT2D eigenvalue weighted by Crippen LogP contribution is -2.32. The highest BCUT2D eigenvalue weighted by Crippen LogP contribution is 2.56. The van der Waals surface area contributed by atoms with Gasteiger partial charge in [0, 0.05) is 6.07 Å². The number of fused-ring (bicyclic) bond motifs is 5. The largest absolute Gasteiger partial charge is 0.497 e. The normalized spacial score (nSPS) is 27.3. The van der Waals surface area contributed by atoms with Crippen molar-refractivity contribution in [1.29, 1.82) is 0 Å². The zero-order valence-electron chi connectivity index (χ0n) is 16.0. The van der Waals surface area contributed by atoms with E-state index in [0.717, 1.165) is 19.3 Å². The van der Waals surface area contributed by atoms with Crippen LogP contribution in [0.2, 0.25) is 0 Å². The van der Waals surface area contributed by atoms with Crippen molar-refractivity contribution in [3.63, 3.8) is 0 Å². The van der Waals surface area contributed by atoms with Gasteiger partial charge in [0.15, 0.2) is 0 Å². The number of hydrogen-bond donors (Lipinski definition) is 0. The van der Waals surface area contributed by atoms with Crippen LogP contribution in [0.25, 0.3) is 0 Å². The first kappa shape index (κ1) is 17.9. The number of esters is 1. The molecule has 0 radical (unpaired) electrons. The number of ether oxygens (including phenoxy) is 2. The fraction of sp³-hybridized carbons (Fsp3) is 0.348. The van der Waals surface area contributed by atoms with E-state index in [1.165, 1.54) is 12.0 Å². The van der Waals surface area contributed by atoms with Crippen LogP contribution in [-0.4, -0.2) is 24.9 Å². The van der Waals surface area contributed by atoms with Crippen molar-refractivity contribution in [2.24, 2.45) is 23.7 Å². The van der Waals surface area contributed by atoms with Gasteiger partial charge in [0.05, 0.1) is 30.2 Å². The van der Waals surface area contributed by atoms with Crippen LogP contribution in [0.3, 0.4) is 0 Å². The standard InChI is InChI=1S/C23H21NO5/c1-28-17-6-2-4-15(11-17)23(27)29-18-7-3-5-16(12-18)24-21(25)19-13-8-9-14(10-13)20(19)22(24)26/h2-7,11-14,19-20H,8-10H2,1H3. The second-order valence-electron chi connectivity index (χ2n) is 8.02. The molecule has 29 heavy (non-hydrogen) atoms. The molecule has 6 nitrogen and oxygen atoms in total. The SMILES string of the molecule is COc1cccc(C(=O)Oc2cccc(N3C(=O)C4C5CCC(C5)C4C3=O)c2)c1. The van der Waals surface area contributed by atoms with Crippen molar-refractivity contribution in [1.82, 2.24) is 0 Å². The number of methoxy groups -OCH3 is 1. The molecule has 5 rings (SSSR count). The summed E-state index contributed by atoms with van der Waals surface area (Å²) < 4.78 is 10.6. The number of hydrogen-bond acceptors (Lipinski definition) is 5. The number of carbonyl (C=O) groups excluding carboxylic acids is 3. The Labute approximate surface area is 168 Å². The average molecular weight is 391 g/mol. The molecule has 4 unspecified atom stereocenters. The Morgan fingerprint density at radius 2 is 1.59 bits per heavy atom. The molecule has 3 aliphatic rings. The minimum atomic E-state index is -0.532. The average Bonchev–Trinajstić information content (AvgIpc) is 3.42. The Bertz CT molecular complexity index is 988. The van der Waals surface area contributed by atoms with Gasteiger partial charge >= 0.3 is 5.97 Å². The monoisotopic (exact) mass is 391 g/mol. The van der Waals surface area contributed by atoms with E-state index >= 15 is 0 Å². The zero-order valence-corrected chi connectivity index (χ0v) is 16.0. The molecular weight excluding hydrogens is 370 g/mol. The predicted molar refractivity (Wildman–Crippen MR) is 105 cm³/mol. The molecule has 6 heteroatoms. The smallest absolute Gasteiger partial charge is 0.343 e. The highest BCUT2D eigenvalue weighted by Gasteiger charge is 2.61. The van der Waals surface area contributed by atoms with Crippen LogP contribution in [0, 0.1) is 23.7 Å². The van der Waals surface area contributed by atoms with Crippen LogP contribution >= 0.6 is 0 Å². The zero-order chi connectivity index (χ0) is 20.1. The summed E-state index contributed by atoms with van der Waals surface area (Å²) in [7, 11) is 1.53. The summed E-state index contributed by atoms with van der Waals surface area (Å²) in [6.07, 6.45) is 3.08. The summed E-state index contributed by atoms with van der Waals surface area (Å²) in [5.74, 6) is 0.412. The molecule has 2 bridgehead atoms. The van der Waals surface area contributed by atoms with Gasteiger partial charge in [-0.1, -0.05) is 12.1 Å². The number of imide groups is 1. The highest BCUT2D eigenvalue weighted by atomic mass is 16.5. The van der Waals surface area contributed by atoms with Gasteiger partial charge in [0.2, 0.25) is 11.8 Å². The van der Waals surface area contributed by atoms with E-state index in [2.05, 4.69) is 0 Å². The third-order valence-corrected chi connectivity index (χ3v) is 6.52. The predicted octanol–water partition coefficient (Wildman–Crippen LogP) is 3.45. The molecule has 2 saturated carbocycles. The Balaban J connectivity index is 1.38. The van der Waals surface area contributed by atoms with Crippen LogP contribution in [-0.2, 0) is 9.59 Å². The quantitative estimate of drug-likeness (QED) is 0.453. The number of amides is 2. The van der Waals surface area contributed by atoms with Gasteiger partial charge in [-0.05, 0) is 61.4 Å². The van der Waals surface area contributed by atoms with E-state index in [9.17, 15) is 14.4 Å². The van der Waals surface area contributed by atoms with Crippen molar-refractivity contribution >= 4 is 23.5 Å². The molecule has 1 heterocycles. The maximum absolute atomic E-state index is 13.0. The Kier molecular flexibility index (Phi) is 4.15. The molecule has 2 aliphatic carbocycles. The second kappa shape index (κ2) is 6.72. The molecule has 2 aromatic carbocycles. The van der Waals surface area contributed by atoms with Gasteiger partial charge in [-0.2, -0.15) is 0 Å². The van der Waals surface area contributed by atoms with E-state index in [1.807, 2.05) is 0 Å². The van der Waals surface area contributed by atoms with Gasteiger partial charge in [0.25, 0.3) is 0 Å². The van der Waals surface area contributed by atoms with E-state index in [-0.39, 0.29) is 29.4 Å². The van der Waals surface area contributed by atoms with Crippen molar-refractivity contribution in [3.05, 3.63) is 54.1 Å². The maximum Gasteiger partial charge on any atom is 0.343 e. The lowest BCUT2D eigenvalue weighted by Gasteiger charge is -2.19. The van der Waals surface area contributed by atoms with Crippen LogP contribution in [0.15, 0.2) is 48.5 Å². The minimum Gasteiger partial charge on any atom is -0.497 e. The van der Waals surface area contributed by atoms with Gasteiger partial charge < -0.3 is 9.47 Å². The van der Waals surface area contributed by atoms with Crippen LogP contribution < -0.4 is 14.4 Å². The van der Waals surface area contributed by atoms with E-state index in [4.69, 9.17) is 9.47 Å². The topological polar surface area (TPSA) is 72.9 Å². The molecule has 2 amide bonds. The molecule has 1 aliphatic heterocycles. The van der Waals surface area contributed by atoms with Gasteiger partial charge in [-0.25, -0.2) is 9.69 Å². The lowest BCUT2D eigenvalue weighted by atomic mass is 9.81. The fourth-order valence-electron chi connectivity index (χ4n) is 5.27. The number of nitrogens with zero attached hydrogens (tertiary/aromatic N) is 1. The summed E-state index contributed by atoms with van der Waals surface area (Å²) >= 11 is 0. The number of carbonyl (C=O) groups is 3. The van der Waals surface area contributed by atoms with Crippen molar-refractivity contribution in [2.75, 3.05) is 12.0 Å². The van der Waals surface area contributed by atoms with Crippen molar-refractivity contribution in [2.45, 2.75) is 19.3 Å². The van der Waals surface area contributed by atoms with Crippen molar-refractivity contribution in [3.8, 4) is 11.5 Å². The fourth-order valence-corrected chi connectivity index (χ4v) is 5.27. The highest BCUT2D eigenvalue weighted by molar-refractivity contribution is 6.22. The third-order valence-electron chi connectivity index (χ3n) is 6.52. The molecule has 2 aromatic rings. The Morgan fingerprint density at radius 1 is 0.931 bits per heavy atom. The maximum atomic E-state index is 13.0. The van der Waals surface area contributed by atoms with E-state index in [0.29, 0.717) is 28.8 Å². The van der Waals surface area contributed by atoms with Gasteiger partial charge in [-0.15, -0.1) is 0 Å². The van der Waals surface area contributed by atoms with Crippen LogP contribution in [0.4, 0.5) is 5.69 Å². The summed E-state index contributed by atoms with van der Waals surface area (Å²) in [4.78, 5) is 39.8. The number of anilines is 1. The van der Waals surface area contributed by atoms with E-state index in [1.54, 1.807) is 48.5 Å². The first-order chi connectivity index (χ1) is 14.1. The summed E-state index contributed by atoms with van der Waals surface area (Å²) in [6.45, 7) is 0. The summed E-state index contributed by atoms with van der Waals surface area (Å²) in [5, 5.41) is 0. The van der Waals surface area contributed by atoms with Gasteiger partial charge in [-0.3, -0.25) is 9.59 Å². The Morgan fingerprint density at radius 3 is 2.28 bits per heavy atom. The lowest BCUT2D eigenvalue weighted by molar-refractivity contribution is -0.123. The van der Waals surface area contributed by atoms with Crippen LogP contribution in [0.1, 0.15) is 29.6 Å². The van der Waals surface area contributed by atoms with E-state index < -0.39 is 5.97 Å².